The predicted octanol–water partition coefficient (Wildman–Crippen LogP) is 1.25. The minimum absolute atomic E-state index is 0.411. The Hall–Kier alpha value is -1.09. The van der Waals surface area contributed by atoms with Crippen molar-refractivity contribution in [2.45, 2.75) is 0 Å². The van der Waals surface area contributed by atoms with Crippen molar-refractivity contribution in [1.82, 2.24) is 0 Å². The summed E-state index contributed by atoms with van der Waals surface area (Å²) in [5.74, 6) is -0.411. The van der Waals surface area contributed by atoms with Crippen molar-refractivity contribution in [2.75, 3.05) is 0 Å². The Labute approximate surface area is 63.0 Å². The average molecular weight is 153 g/mol. The molecular formula is C7H7NOS. The van der Waals surface area contributed by atoms with Gasteiger partial charge in [0, 0.05) is 6.08 Å². The molecule has 1 aromatic heterocycles. The zero-order valence-electron chi connectivity index (χ0n) is 5.28. The Balaban J connectivity index is 2.64. The number of thiophene rings is 1. The van der Waals surface area contributed by atoms with E-state index in [0.717, 1.165) is 5.56 Å². The SMILES string of the molecule is NC(=O)/C=C/c1ccsc1. The molecule has 1 rings (SSSR count). The molecule has 1 aromatic rings. The summed E-state index contributed by atoms with van der Waals surface area (Å²) in [6, 6.07) is 1.92. The first-order valence-electron chi connectivity index (χ1n) is 2.79. The molecule has 0 unspecified atom stereocenters. The molecule has 0 aliphatic rings. The number of primary amides is 1. The van der Waals surface area contributed by atoms with E-state index in [1.165, 1.54) is 6.08 Å². The lowest BCUT2D eigenvalue weighted by Gasteiger charge is -1.79. The summed E-state index contributed by atoms with van der Waals surface area (Å²) in [4.78, 5) is 10.2. The van der Waals surface area contributed by atoms with Gasteiger partial charge in [0.1, 0.15) is 0 Å². The van der Waals surface area contributed by atoms with E-state index < -0.39 is 5.91 Å². The summed E-state index contributed by atoms with van der Waals surface area (Å²) in [6.45, 7) is 0. The maximum atomic E-state index is 10.2. The van der Waals surface area contributed by atoms with Crippen molar-refractivity contribution >= 4 is 23.3 Å². The molecule has 0 atom stereocenters. The Morgan fingerprint density at radius 1 is 1.70 bits per heavy atom. The fourth-order valence-electron chi connectivity index (χ4n) is 0.548. The molecule has 1 amide bonds. The molecule has 0 fully saturated rings. The highest BCUT2D eigenvalue weighted by Gasteiger charge is 1.85. The summed E-state index contributed by atoms with van der Waals surface area (Å²) in [5, 5.41) is 3.89. The van der Waals surface area contributed by atoms with Crippen LogP contribution in [0, 0.1) is 0 Å². The standard InChI is InChI=1S/C7H7NOS/c8-7(9)2-1-6-3-4-10-5-6/h1-5H,(H2,8,9)/b2-1+. The lowest BCUT2D eigenvalue weighted by molar-refractivity contribution is -0.113. The third kappa shape index (κ3) is 2.03. The number of hydrogen-bond acceptors (Lipinski definition) is 2. The minimum atomic E-state index is -0.411. The van der Waals surface area contributed by atoms with Gasteiger partial charge in [0.05, 0.1) is 0 Å². The molecule has 0 aliphatic carbocycles. The normalized spacial score (nSPS) is 10.4. The van der Waals surface area contributed by atoms with Gasteiger partial charge in [-0.05, 0) is 28.5 Å². The molecule has 0 spiro atoms. The molecule has 1 heterocycles. The molecule has 3 heteroatoms. The van der Waals surface area contributed by atoms with Gasteiger partial charge in [-0.15, -0.1) is 0 Å². The highest BCUT2D eigenvalue weighted by molar-refractivity contribution is 7.08. The van der Waals surface area contributed by atoms with Gasteiger partial charge in [-0.1, -0.05) is 0 Å². The number of carbonyl (C=O) groups excluding carboxylic acids is 1. The van der Waals surface area contributed by atoms with Crippen LogP contribution in [0.15, 0.2) is 22.9 Å². The second-order valence-electron chi connectivity index (χ2n) is 1.79. The number of amides is 1. The highest BCUT2D eigenvalue weighted by Crippen LogP contribution is 2.06. The quantitative estimate of drug-likeness (QED) is 0.638. The fourth-order valence-corrected chi connectivity index (χ4v) is 1.18. The summed E-state index contributed by atoms with van der Waals surface area (Å²) in [5.41, 5.74) is 5.90. The number of hydrogen-bond donors (Lipinski definition) is 1. The van der Waals surface area contributed by atoms with Gasteiger partial charge in [-0.25, -0.2) is 0 Å². The lowest BCUT2D eigenvalue weighted by Crippen LogP contribution is -2.04. The molecular weight excluding hydrogens is 146 g/mol. The van der Waals surface area contributed by atoms with Gasteiger partial charge < -0.3 is 5.73 Å². The van der Waals surface area contributed by atoms with E-state index in [0.29, 0.717) is 0 Å². The van der Waals surface area contributed by atoms with Gasteiger partial charge in [-0.2, -0.15) is 11.3 Å². The topological polar surface area (TPSA) is 43.1 Å². The van der Waals surface area contributed by atoms with E-state index in [-0.39, 0.29) is 0 Å². The van der Waals surface area contributed by atoms with Gasteiger partial charge in [0.15, 0.2) is 0 Å². The minimum Gasteiger partial charge on any atom is -0.366 e. The highest BCUT2D eigenvalue weighted by atomic mass is 32.1. The molecule has 0 aromatic carbocycles. The smallest absolute Gasteiger partial charge is 0.241 e. The number of nitrogens with two attached hydrogens (primary N) is 1. The molecule has 0 bridgehead atoms. The van der Waals surface area contributed by atoms with Crippen LogP contribution in [0.4, 0.5) is 0 Å². The zero-order chi connectivity index (χ0) is 7.40. The fraction of sp³-hybridized carbons (Fsp3) is 0. The number of rotatable bonds is 2. The third-order valence-electron chi connectivity index (χ3n) is 0.983. The Bertz CT molecular complexity index is 238. The van der Waals surface area contributed by atoms with Crippen LogP contribution in [0.25, 0.3) is 6.08 Å². The third-order valence-corrected chi connectivity index (χ3v) is 1.68. The zero-order valence-corrected chi connectivity index (χ0v) is 6.10. The molecule has 0 aliphatic heterocycles. The van der Waals surface area contributed by atoms with Crippen molar-refractivity contribution < 1.29 is 4.79 Å². The van der Waals surface area contributed by atoms with Crippen molar-refractivity contribution in [3.8, 4) is 0 Å². The van der Waals surface area contributed by atoms with Crippen LogP contribution >= 0.6 is 11.3 Å². The van der Waals surface area contributed by atoms with Crippen molar-refractivity contribution in [1.29, 1.82) is 0 Å². The summed E-state index contributed by atoms with van der Waals surface area (Å²) in [6.07, 6.45) is 3.04. The Kier molecular flexibility index (Phi) is 2.23. The number of carbonyl (C=O) groups is 1. The van der Waals surface area contributed by atoms with E-state index in [4.69, 9.17) is 5.73 Å². The van der Waals surface area contributed by atoms with E-state index in [2.05, 4.69) is 0 Å². The predicted molar refractivity (Wildman–Crippen MR) is 42.5 cm³/mol. The maximum Gasteiger partial charge on any atom is 0.241 e. The van der Waals surface area contributed by atoms with E-state index >= 15 is 0 Å². The van der Waals surface area contributed by atoms with Gasteiger partial charge in [0.2, 0.25) is 5.91 Å². The summed E-state index contributed by atoms with van der Waals surface area (Å²) >= 11 is 1.59. The maximum absolute atomic E-state index is 10.2. The lowest BCUT2D eigenvalue weighted by atomic mass is 10.3. The van der Waals surface area contributed by atoms with Crippen molar-refractivity contribution in [3.05, 3.63) is 28.5 Å². The van der Waals surface area contributed by atoms with E-state index in [1.807, 2.05) is 16.8 Å². The van der Waals surface area contributed by atoms with Crippen LogP contribution in [-0.4, -0.2) is 5.91 Å². The molecule has 2 nitrogen and oxygen atoms in total. The van der Waals surface area contributed by atoms with Crippen LogP contribution in [0.1, 0.15) is 5.56 Å². The first kappa shape index (κ1) is 7.02. The largest absolute Gasteiger partial charge is 0.366 e. The molecule has 10 heavy (non-hydrogen) atoms. The van der Waals surface area contributed by atoms with Gasteiger partial charge in [-0.3, -0.25) is 4.79 Å². The molecule has 52 valence electrons. The molecule has 2 N–H and O–H groups in total. The monoisotopic (exact) mass is 153 g/mol. The Morgan fingerprint density at radius 3 is 3.00 bits per heavy atom. The van der Waals surface area contributed by atoms with Crippen molar-refractivity contribution in [3.63, 3.8) is 0 Å². The van der Waals surface area contributed by atoms with E-state index in [1.54, 1.807) is 17.4 Å². The van der Waals surface area contributed by atoms with Gasteiger partial charge in [0.25, 0.3) is 0 Å². The first-order chi connectivity index (χ1) is 4.79. The molecule has 0 saturated heterocycles. The van der Waals surface area contributed by atoms with Crippen LogP contribution in [0.5, 0.6) is 0 Å². The molecule has 0 saturated carbocycles. The second kappa shape index (κ2) is 3.17. The van der Waals surface area contributed by atoms with Crippen LogP contribution in [0.2, 0.25) is 0 Å². The Morgan fingerprint density at radius 2 is 2.50 bits per heavy atom. The average Bonchev–Trinajstić information content (AvgIpc) is 2.34. The second-order valence-corrected chi connectivity index (χ2v) is 2.57. The molecule has 0 radical (unpaired) electrons. The van der Waals surface area contributed by atoms with Crippen LogP contribution < -0.4 is 5.73 Å². The van der Waals surface area contributed by atoms with E-state index in [9.17, 15) is 4.79 Å². The summed E-state index contributed by atoms with van der Waals surface area (Å²) in [7, 11) is 0. The van der Waals surface area contributed by atoms with Crippen molar-refractivity contribution in [2.24, 2.45) is 5.73 Å². The first-order valence-corrected chi connectivity index (χ1v) is 3.73. The summed E-state index contributed by atoms with van der Waals surface area (Å²) < 4.78 is 0. The van der Waals surface area contributed by atoms with Gasteiger partial charge >= 0.3 is 0 Å². The van der Waals surface area contributed by atoms with Crippen LogP contribution in [-0.2, 0) is 4.79 Å². The van der Waals surface area contributed by atoms with Crippen LogP contribution in [0.3, 0.4) is 0 Å².